The molecule has 1 fully saturated rings. The normalized spacial score (nSPS) is 20.4. The Bertz CT molecular complexity index is 583. The zero-order valence-corrected chi connectivity index (χ0v) is 13.1. The van der Waals surface area contributed by atoms with Crippen LogP contribution in [0.5, 0.6) is 0 Å². The Hall–Kier alpha value is -1.62. The number of rotatable bonds is 5. The van der Waals surface area contributed by atoms with Gasteiger partial charge in [-0.2, -0.15) is 0 Å². The van der Waals surface area contributed by atoms with Gasteiger partial charge in [0.05, 0.1) is 6.26 Å². The van der Waals surface area contributed by atoms with E-state index in [0.29, 0.717) is 6.04 Å². The van der Waals surface area contributed by atoms with Crippen LogP contribution in [-0.2, 0) is 6.54 Å². The standard InChI is InChI=1S/C18H24N2O2/c1-19-9-10-20(14-16(19)8-11-21)13-15-5-2-3-6-17(15)18-7-4-12-22-18/h2-7,12,16,21H,8-11,13-14H2,1H3/t16-/m1/s1. The first-order valence-electron chi connectivity index (χ1n) is 7.93. The van der Waals surface area contributed by atoms with Crippen molar-refractivity contribution in [1.82, 2.24) is 9.80 Å². The Morgan fingerprint density at radius 1 is 1.18 bits per heavy atom. The number of benzene rings is 1. The summed E-state index contributed by atoms with van der Waals surface area (Å²) in [7, 11) is 2.15. The third kappa shape index (κ3) is 3.40. The van der Waals surface area contributed by atoms with Crippen molar-refractivity contribution in [3.8, 4) is 11.3 Å². The molecule has 0 radical (unpaired) electrons. The highest BCUT2D eigenvalue weighted by Crippen LogP contribution is 2.26. The number of aliphatic hydroxyl groups excluding tert-OH is 1. The summed E-state index contributed by atoms with van der Waals surface area (Å²) in [5, 5.41) is 9.22. The van der Waals surface area contributed by atoms with Gasteiger partial charge in [0.25, 0.3) is 0 Å². The van der Waals surface area contributed by atoms with Gasteiger partial charge in [-0.15, -0.1) is 0 Å². The number of nitrogens with zero attached hydrogens (tertiary/aromatic N) is 2. The number of aliphatic hydroxyl groups is 1. The van der Waals surface area contributed by atoms with Gasteiger partial charge in [-0.05, 0) is 31.2 Å². The molecule has 0 spiro atoms. The topological polar surface area (TPSA) is 39.9 Å². The smallest absolute Gasteiger partial charge is 0.134 e. The first-order valence-corrected chi connectivity index (χ1v) is 7.93. The average Bonchev–Trinajstić information content (AvgIpc) is 3.06. The number of hydrogen-bond acceptors (Lipinski definition) is 4. The van der Waals surface area contributed by atoms with Gasteiger partial charge in [-0.3, -0.25) is 4.90 Å². The Kier molecular flexibility index (Phi) is 4.93. The molecule has 2 heterocycles. The number of furan rings is 1. The molecule has 1 aliphatic heterocycles. The van der Waals surface area contributed by atoms with Crippen molar-refractivity contribution in [2.45, 2.75) is 19.0 Å². The highest BCUT2D eigenvalue weighted by atomic mass is 16.3. The molecule has 4 nitrogen and oxygen atoms in total. The van der Waals surface area contributed by atoms with Crippen molar-refractivity contribution in [2.24, 2.45) is 0 Å². The fourth-order valence-corrected chi connectivity index (χ4v) is 3.19. The lowest BCUT2D eigenvalue weighted by atomic mass is 10.0. The summed E-state index contributed by atoms with van der Waals surface area (Å²) in [6.07, 6.45) is 2.56. The van der Waals surface area contributed by atoms with Gasteiger partial charge in [-0.1, -0.05) is 24.3 Å². The lowest BCUT2D eigenvalue weighted by Gasteiger charge is -2.39. The highest BCUT2D eigenvalue weighted by molar-refractivity contribution is 5.61. The van der Waals surface area contributed by atoms with Crippen molar-refractivity contribution in [1.29, 1.82) is 0 Å². The molecule has 2 aromatic rings. The highest BCUT2D eigenvalue weighted by Gasteiger charge is 2.24. The quantitative estimate of drug-likeness (QED) is 0.921. The van der Waals surface area contributed by atoms with E-state index >= 15 is 0 Å². The maximum absolute atomic E-state index is 9.22. The van der Waals surface area contributed by atoms with Crippen molar-refractivity contribution >= 4 is 0 Å². The second-order valence-electron chi connectivity index (χ2n) is 6.02. The van der Waals surface area contributed by atoms with Crippen LogP contribution in [0.2, 0.25) is 0 Å². The van der Waals surface area contributed by atoms with Crippen LogP contribution < -0.4 is 0 Å². The molecule has 118 valence electrons. The van der Waals surface area contributed by atoms with E-state index in [4.69, 9.17) is 4.42 Å². The number of piperazine rings is 1. The van der Waals surface area contributed by atoms with E-state index in [1.54, 1.807) is 6.26 Å². The van der Waals surface area contributed by atoms with E-state index in [0.717, 1.165) is 38.4 Å². The maximum atomic E-state index is 9.22. The summed E-state index contributed by atoms with van der Waals surface area (Å²) >= 11 is 0. The largest absolute Gasteiger partial charge is 0.464 e. The van der Waals surface area contributed by atoms with Gasteiger partial charge < -0.3 is 14.4 Å². The Morgan fingerprint density at radius 3 is 2.82 bits per heavy atom. The summed E-state index contributed by atoms with van der Waals surface area (Å²) < 4.78 is 5.57. The molecule has 1 aromatic carbocycles. The first-order chi connectivity index (χ1) is 10.8. The zero-order valence-electron chi connectivity index (χ0n) is 13.1. The van der Waals surface area contributed by atoms with Crippen LogP contribution in [0.15, 0.2) is 47.1 Å². The molecule has 0 bridgehead atoms. The van der Waals surface area contributed by atoms with Crippen molar-refractivity contribution in [3.05, 3.63) is 48.2 Å². The molecular formula is C18H24N2O2. The number of likely N-dealkylation sites (N-methyl/N-ethyl adjacent to an activating group) is 1. The van der Waals surface area contributed by atoms with E-state index in [-0.39, 0.29) is 6.61 Å². The molecule has 22 heavy (non-hydrogen) atoms. The minimum Gasteiger partial charge on any atom is -0.464 e. The van der Waals surface area contributed by atoms with Crippen molar-refractivity contribution in [3.63, 3.8) is 0 Å². The van der Waals surface area contributed by atoms with E-state index in [2.05, 4.69) is 41.1 Å². The molecule has 3 rings (SSSR count). The summed E-state index contributed by atoms with van der Waals surface area (Å²) in [4.78, 5) is 4.83. The fourth-order valence-electron chi connectivity index (χ4n) is 3.19. The van der Waals surface area contributed by atoms with Crippen LogP contribution in [0.25, 0.3) is 11.3 Å². The third-order valence-corrected chi connectivity index (χ3v) is 4.52. The molecule has 0 unspecified atom stereocenters. The zero-order chi connectivity index (χ0) is 15.4. The minimum atomic E-state index is 0.256. The van der Waals surface area contributed by atoms with Gasteiger partial charge >= 0.3 is 0 Å². The molecule has 1 aromatic heterocycles. The first kappa shape index (κ1) is 15.3. The second kappa shape index (κ2) is 7.09. The molecule has 1 aliphatic rings. The van der Waals surface area contributed by atoms with E-state index < -0.39 is 0 Å². The van der Waals surface area contributed by atoms with Crippen LogP contribution in [-0.4, -0.2) is 54.2 Å². The van der Waals surface area contributed by atoms with Crippen LogP contribution in [0.4, 0.5) is 0 Å². The molecule has 4 heteroatoms. The van der Waals surface area contributed by atoms with E-state index in [1.807, 2.05) is 12.1 Å². The van der Waals surface area contributed by atoms with E-state index in [9.17, 15) is 5.11 Å². The fraction of sp³-hybridized carbons (Fsp3) is 0.444. The number of hydrogen-bond donors (Lipinski definition) is 1. The molecule has 0 amide bonds. The van der Waals surface area contributed by atoms with Crippen LogP contribution in [0.3, 0.4) is 0 Å². The summed E-state index contributed by atoms with van der Waals surface area (Å²) in [6, 6.07) is 12.8. The summed E-state index contributed by atoms with van der Waals surface area (Å²) in [6.45, 7) is 4.29. The minimum absolute atomic E-state index is 0.256. The van der Waals surface area contributed by atoms with Crippen molar-refractivity contribution in [2.75, 3.05) is 33.3 Å². The lowest BCUT2D eigenvalue weighted by Crippen LogP contribution is -2.51. The summed E-state index contributed by atoms with van der Waals surface area (Å²) in [5.74, 6) is 0.927. The van der Waals surface area contributed by atoms with Gasteiger partial charge in [0, 0.05) is 44.4 Å². The third-order valence-electron chi connectivity index (χ3n) is 4.52. The average molecular weight is 300 g/mol. The summed E-state index contributed by atoms with van der Waals surface area (Å²) in [5.41, 5.74) is 2.47. The Morgan fingerprint density at radius 2 is 2.05 bits per heavy atom. The van der Waals surface area contributed by atoms with Crippen LogP contribution in [0.1, 0.15) is 12.0 Å². The monoisotopic (exact) mass is 300 g/mol. The van der Waals surface area contributed by atoms with Gasteiger partial charge in [0.15, 0.2) is 0 Å². The molecule has 1 saturated heterocycles. The van der Waals surface area contributed by atoms with E-state index in [1.165, 1.54) is 11.1 Å². The predicted octanol–water partition coefficient (Wildman–Crippen LogP) is 2.45. The van der Waals surface area contributed by atoms with Crippen LogP contribution >= 0.6 is 0 Å². The Labute approximate surface area is 132 Å². The maximum Gasteiger partial charge on any atom is 0.134 e. The molecule has 0 saturated carbocycles. The molecule has 1 atom stereocenters. The van der Waals surface area contributed by atoms with Gasteiger partial charge in [0.2, 0.25) is 0 Å². The lowest BCUT2D eigenvalue weighted by molar-refractivity contribution is 0.0744. The molecule has 0 aliphatic carbocycles. The predicted molar refractivity (Wildman–Crippen MR) is 87.5 cm³/mol. The molecule has 1 N–H and O–H groups in total. The van der Waals surface area contributed by atoms with Gasteiger partial charge in [-0.25, -0.2) is 0 Å². The van der Waals surface area contributed by atoms with Crippen LogP contribution in [0, 0.1) is 0 Å². The second-order valence-corrected chi connectivity index (χ2v) is 6.02. The SMILES string of the molecule is CN1CCN(Cc2ccccc2-c2ccco2)C[C@H]1CCO. The molecular weight excluding hydrogens is 276 g/mol. The Balaban J connectivity index is 1.74. The van der Waals surface area contributed by atoms with Gasteiger partial charge in [0.1, 0.15) is 5.76 Å². The van der Waals surface area contributed by atoms with Crippen molar-refractivity contribution < 1.29 is 9.52 Å².